The van der Waals surface area contributed by atoms with Crippen molar-refractivity contribution >= 4 is 23.2 Å². The molecule has 45 heavy (non-hydrogen) atoms. The van der Waals surface area contributed by atoms with Crippen LogP contribution in [0.5, 0.6) is 0 Å². The molecule has 0 saturated carbocycles. The summed E-state index contributed by atoms with van der Waals surface area (Å²) >= 11 is 6.18. The molecule has 2 aromatic carbocycles. The molecule has 0 radical (unpaired) electrons. The number of hydrogen-bond acceptors (Lipinski definition) is 7. The second-order valence-electron chi connectivity index (χ2n) is 11.0. The third-order valence-corrected chi connectivity index (χ3v) is 7.73. The first-order valence-corrected chi connectivity index (χ1v) is 14.5. The number of pyridine rings is 1. The minimum absolute atomic E-state index is 0.0879. The maximum atomic E-state index is 14.6. The minimum atomic E-state index is -4.63. The Balaban J connectivity index is 1.80. The van der Waals surface area contributed by atoms with Crippen LogP contribution in [0.25, 0.3) is 27.9 Å². The lowest BCUT2D eigenvalue weighted by Crippen LogP contribution is -2.38. The number of benzene rings is 2. The number of nitrogens with zero attached hydrogens (tertiary/aromatic N) is 5. The van der Waals surface area contributed by atoms with E-state index in [0.717, 1.165) is 6.07 Å². The lowest BCUT2D eigenvalue weighted by Gasteiger charge is -2.21. The first-order valence-electron chi connectivity index (χ1n) is 14.1. The molecule has 0 spiro atoms. The maximum absolute atomic E-state index is 14.6. The van der Waals surface area contributed by atoms with Gasteiger partial charge in [0.2, 0.25) is 0 Å². The molecule has 3 aromatic heterocycles. The first kappa shape index (κ1) is 31.9. The molecular formula is C32H30ClF3N6O3. The summed E-state index contributed by atoms with van der Waals surface area (Å²) in [4.78, 5) is 31.2. The number of nitrogens with two attached hydrogens (primary N) is 1. The Kier molecular flexibility index (Phi) is 8.81. The highest BCUT2D eigenvalue weighted by atomic mass is 35.5. The number of ether oxygens (including phenoxy) is 1. The van der Waals surface area contributed by atoms with E-state index in [1.807, 2.05) is 6.07 Å². The van der Waals surface area contributed by atoms with Crippen molar-refractivity contribution in [2.75, 3.05) is 0 Å². The van der Waals surface area contributed by atoms with Crippen molar-refractivity contribution in [2.45, 2.75) is 52.6 Å². The number of carbonyl (C=O) groups excluding carboxylic acids is 1. The number of fused-ring (bicyclic) bond motifs is 1. The molecule has 13 heteroatoms. The van der Waals surface area contributed by atoms with Crippen LogP contribution in [0, 0.1) is 12.8 Å². The number of rotatable bonds is 8. The summed E-state index contributed by atoms with van der Waals surface area (Å²) in [6.45, 7) is 6.39. The van der Waals surface area contributed by atoms with E-state index >= 15 is 0 Å². The third kappa shape index (κ3) is 6.34. The zero-order valence-electron chi connectivity index (χ0n) is 24.8. The summed E-state index contributed by atoms with van der Waals surface area (Å²) < 4.78 is 48.6. The van der Waals surface area contributed by atoms with Crippen LogP contribution in [0.2, 0.25) is 5.02 Å². The Morgan fingerprint density at radius 1 is 0.956 bits per heavy atom. The van der Waals surface area contributed by atoms with E-state index in [9.17, 15) is 22.8 Å². The molecule has 0 bridgehead atoms. The highest BCUT2D eigenvalue weighted by molar-refractivity contribution is 6.30. The zero-order valence-corrected chi connectivity index (χ0v) is 25.6. The Morgan fingerprint density at radius 2 is 1.60 bits per heavy atom. The van der Waals surface area contributed by atoms with Gasteiger partial charge in [-0.2, -0.15) is 13.2 Å². The molecule has 0 aliphatic heterocycles. The molecule has 0 saturated heterocycles. The van der Waals surface area contributed by atoms with E-state index in [1.165, 1.54) is 22.2 Å². The summed E-state index contributed by atoms with van der Waals surface area (Å²) in [5.41, 5.74) is 7.10. The van der Waals surface area contributed by atoms with E-state index in [2.05, 4.69) is 15.2 Å². The summed E-state index contributed by atoms with van der Waals surface area (Å²) in [6.07, 6.45) is -5.64. The summed E-state index contributed by atoms with van der Waals surface area (Å²) in [5, 5.41) is 9.29. The van der Waals surface area contributed by atoms with Crippen LogP contribution in [0.3, 0.4) is 0 Å². The van der Waals surface area contributed by atoms with Crippen LogP contribution >= 0.6 is 11.6 Å². The van der Waals surface area contributed by atoms with Crippen molar-refractivity contribution in [3.63, 3.8) is 0 Å². The summed E-state index contributed by atoms with van der Waals surface area (Å²) in [5.74, 6) is -0.748. The highest BCUT2D eigenvalue weighted by Crippen LogP contribution is 2.35. The molecule has 2 atom stereocenters. The fourth-order valence-corrected chi connectivity index (χ4v) is 5.06. The minimum Gasteiger partial charge on any atom is -0.453 e. The van der Waals surface area contributed by atoms with Gasteiger partial charge < -0.3 is 10.5 Å². The van der Waals surface area contributed by atoms with E-state index in [-0.39, 0.29) is 35.2 Å². The van der Waals surface area contributed by atoms with Gasteiger partial charge in [0, 0.05) is 16.3 Å². The molecule has 0 aliphatic carbocycles. The van der Waals surface area contributed by atoms with Gasteiger partial charge in [0.25, 0.3) is 5.56 Å². The van der Waals surface area contributed by atoms with Crippen molar-refractivity contribution in [2.24, 2.45) is 11.7 Å². The van der Waals surface area contributed by atoms with E-state index in [1.54, 1.807) is 69.3 Å². The largest absolute Gasteiger partial charge is 0.453 e. The summed E-state index contributed by atoms with van der Waals surface area (Å²) in [7, 11) is 0. The van der Waals surface area contributed by atoms with Crippen LogP contribution < -0.4 is 11.3 Å². The Labute approximate surface area is 261 Å². The highest BCUT2D eigenvalue weighted by Gasteiger charge is 2.33. The maximum Gasteiger partial charge on any atom is 0.433 e. The molecule has 9 nitrogen and oxygen atoms in total. The molecule has 2 N–H and O–H groups in total. The van der Waals surface area contributed by atoms with Crippen molar-refractivity contribution in [3.05, 3.63) is 105 Å². The fourth-order valence-electron chi connectivity index (χ4n) is 4.94. The Bertz CT molecular complexity index is 1920. The number of aryl methyl sites for hydroxylation is 1. The molecule has 0 unspecified atom stereocenters. The van der Waals surface area contributed by atoms with Crippen LogP contribution in [0.4, 0.5) is 13.2 Å². The average Bonchev–Trinajstić information content (AvgIpc) is 3.44. The molecule has 5 aromatic rings. The van der Waals surface area contributed by atoms with E-state index in [4.69, 9.17) is 22.1 Å². The number of hydrogen-bond donors (Lipinski definition) is 1. The van der Waals surface area contributed by atoms with Crippen LogP contribution in [0.15, 0.2) is 71.5 Å². The van der Waals surface area contributed by atoms with Gasteiger partial charge in [0.1, 0.15) is 11.7 Å². The number of aromatic nitrogens is 5. The molecule has 3 heterocycles. The number of halogens is 4. The predicted molar refractivity (Wildman–Crippen MR) is 164 cm³/mol. The molecule has 234 valence electrons. The zero-order chi connectivity index (χ0) is 32.6. The Hall–Kier alpha value is -4.55. The van der Waals surface area contributed by atoms with Crippen molar-refractivity contribution in [3.8, 4) is 22.3 Å². The lowest BCUT2D eigenvalue weighted by molar-refractivity contribution is -0.151. The number of esters is 1. The lowest BCUT2D eigenvalue weighted by atomic mass is 9.96. The normalized spacial score (nSPS) is 13.3. The second kappa shape index (κ2) is 12.4. The molecule has 5 rings (SSSR count). The van der Waals surface area contributed by atoms with Gasteiger partial charge in [0.15, 0.2) is 17.6 Å². The monoisotopic (exact) mass is 638 g/mol. The van der Waals surface area contributed by atoms with Crippen molar-refractivity contribution in [1.29, 1.82) is 0 Å². The van der Waals surface area contributed by atoms with Gasteiger partial charge in [-0.15, -0.1) is 10.2 Å². The molecular weight excluding hydrogens is 609 g/mol. The Morgan fingerprint density at radius 3 is 2.20 bits per heavy atom. The molecule has 0 fully saturated rings. The molecule has 0 amide bonds. The average molecular weight is 639 g/mol. The van der Waals surface area contributed by atoms with Gasteiger partial charge in [-0.05, 0) is 54.7 Å². The van der Waals surface area contributed by atoms with Crippen LogP contribution in [0.1, 0.15) is 49.7 Å². The van der Waals surface area contributed by atoms with Gasteiger partial charge in [-0.3, -0.25) is 9.59 Å². The smallest absolute Gasteiger partial charge is 0.433 e. The number of alkyl halides is 3. The van der Waals surface area contributed by atoms with Crippen molar-refractivity contribution < 1.29 is 22.7 Å². The first-order chi connectivity index (χ1) is 21.3. The van der Waals surface area contributed by atoms with Crippen LogP contribution in [-0.4, -0.2) is 36.4 Å². The van der Waals surface area contributed by atoms with E-state index in [0.29, 0.717) is 27.3 Å². The number of carbonyl (C=O) groups is 1. The van der Waals surface area contributed by atoms with E-state index < -0.39 is 35.5 Å². The standard InChI is InChI=1S/C32H30ClF3N6O3/c1-17(2)27(37)31(44)45-19(4)28-39-40-29-25(21-10-13-23(33)14-11-21)26(20-8-6-5-7-9-20)30(43)41(42(28)29)16-22-12-15-24(32(34,35)36)38-18(22)3/h5-15,17,19,27H,16,37H2,1-4H3/t19-,27-/m0/s1. The summed E-state index contributed by atoms with van der Waals surface area (Å²) in [6, 6.07) is 17.0. The third-order valence-electron chi connectivity index (χ3n) is 7.48. The topological polar surface area (TPSA) is 117 Å². The van der Waals surface area contributed by atoms with Crippen molar-refractivity contribution in [1.82, 2.24) is 24.4 Å². The SMILES string of the molecule is Cc1nc(C(F)(F)F)ccc1Cn1c(=O)c(-c2ccccc2)c(-c2ccc(Cl)cc2)c2nnc([C@H](C)OC(=O)[C@@H](N)C(C)C)n21. The second-order valence-corrected chi connectivity index (χ2v) is 11.4. The predicted octanol–water partition coefficient (Wildman–Crippen LogP) is 6.24. The van der Waals surface area contributed by atoms with Crippen LogP contribution in [-0.2, 0) is 22.3 Å². The van der Waals surface area contributed by atoms with Gasteiger partial charge in [-0.1, -0.05) is 74.0 Å². The van der Waals surface area contributed by atoms with Gasteiger partial charge >= 0.3 is 12.1 Å². The van der Waals surface area contributed by atoms with Gasteiger partial charge in [0.05, 0.1) is 12.1 Å². The quantitative estimate of drug-likeness (QED) is 0.200. The molecule has 0 aliphatic rings. The fraction of sp³-hybridized carbons (Fsp3) is 0.281. The van der Waals surface area contributed by atoms with Gasteiger partial charge in [-0.25, -0.2) is 14.2 Å².